The number of halogens is 1. The van der Waals surface area contributed by atoms with E-state index in [1.165, 1.54) is 5.56 Å². The van der Waals surface area contributed by atoms with E-state index in [2.05, 4.69) is 41.5 Å². The second-order valence-corrected chi connectivity index (χ2v) is 6.05. The summed E-state index contributed by atoms with van der Waals surface area (Å²) in [6.07, 6.45) is 4.01. The summed E-state index contributed by atoms with van der Waals surface area (Å²) in [4.78, 5) is 4.24. The van der Waals surface area contributed by atoms with Gasteiger partial charge in [-0.2, -0.15) is 0 Å². The summed E-state index contributed by atoms with van der Waals surface area (Å²) in [5, 5.41) is 3.82. The lowest BCUT2D eigenvalue weighted by molar-refractivity contribution is 0.259. The number of aromatic nitrogens is 1. The number of ether oxygens (including phenoxy) is 1. The standard InChI is InChI=1S/C17H19ClN2O/c1-12-3-5-13(6-4-12)15-9-14(10-20-16(15)18)21-11-17(19-2)7-8-17/h3-6,9-10,19H,7-8,11H2,1-2H3. The molecule has 3 nitrogen and oxygen atoms in total. The molecule has 3 rings (SSSR count). The lowest BCUT2D eigenvalue weighted by atomic mass is 10.1. The molecule has 0 amide bonds. The summed E-state index contributed by atoms with van der Waals surface area (Å²) in [7, 11) is 1.98. The highest BCUT2D eigenvalue weighted by molar-refractivity contribution is 6.32. The Labute approximate surface area is 130 Å². The van der Waals surface area contributed by atoms with Crippen LogP contribution in [0.3, 0.4) is 0 Å². The zero-order valence-corrected chi connectivity index (χ0v) is 13.1. The zero-order valence-electron chi connectivity index (χ0n) is 12.3. The second kappa shape index (κ2) is 5.66. The molecule has 0 spiro atoms. The van der Waals surface area contributed by atoms with Gasteiger partial charge in [0.1, 0.15) is 17.5 Å². The van der Waals surface area contributed by atoms with E-state index in [0.717, 1.165) is 29.7 Å². The summed E-state index contributed by atoms with van der Waals surface area (Å²) in [5.41, 5.74) is 3.34. The second-order valence-electron chi connectivity index (χ2n) is 5.69. The molecular weight excluding hydrogens is 284 g/mol. The molecule has 1 fully saturated rings. The van der Waals surface area contributed by atoms with Crippen molar-refractivity contribution < 1.29 is 4.74 Å². The minimum absolute atomic E-state index is 0.156. The molecule has 1 aliphatic carbocycles. The van der Waals surface area contributed by atoms with Gasteiger partial charge < -0.3 is 10.1 Å². The average Bonchev–Trinajstić information content (AvgIpc) is 3.28. The van der Waals surface area contributed by atoms with Gasteiger partial charge in [0.15, 0.2) is 0 Å². The van der Waals surface area contributed by atoms with Crippen molar-refractivity contribution in [2.75, 3.05) is 13.7 Å². The molecule has 1 N–H and O–H groups in total. The normalized spacial score (nSPS) is 15.8. The number of nitrogens with one attached hydrogen (secondary N) is 1. The minimum atomic E-state index is 0.156. The fourth-order valence-corrected chi connectivity index (χ4v) is 2.49. The highest BCUT2D eigenvalue weighted by Crippen LogP contribution is 2.36. The van der Waals surface area contributed by atoms with Crippen LogP contribution in [0.5, 0.6) is 5.75 Å². The van der Waals surface area contributed by atoms with Crippen LogP contribution in [-0.2, 0) is 0 Å². The summed E-state index contributed by atoms with van der Waals surface area (Å²) >= 11 is 6.22. The quantitative estimate of drug-likeness (QED) is 0.852. The van der Waals surface area contributed by atoms with Crippen LogP contribution in [0.1, 0.15) is 18.4 Å². The van der Waals surface area contributed by atoms with Crippen molar-refractivity contribution in [2.24, 2.45) is 0 Å². The van der Waals surface area contributed by atoms with Crippen molar-refractivity contribution >= 4 is 11.6 Å². The maximum Gasteiger partial charge on any atom is 0.138 e. The van der Waals surface area contributed by atoms with E-state index in [9.17, 15) is 0 Å². The van der Waals surface area contributed by atoms with Crippen LogP contribution < -0.4 is 10.1 Å². The predicted molar refractivity (Wildman–Crippen MR) is 85.9 cm³/mol. The highest BCUT2D eigenvalue weighted by Gasteiger charge is 2.41. The molecule has 0 bridgehead atoms. The number of rotatable bonds is 5. The summed E-state index contributed by atoms with van der Waals surface area (Å²) in [6.45, 7) is 2.73. The third-order valence-electron chi connectivity index (χ3n) is 4.08. The van der Waals surface area contributed by atoms with Crippen LogP contribution in [0.15, 0.2) is 36.5 Å². The van der Waals surface area contributed by atoms with Gasteiger partial charge in [-0.1, -0.05) is 41.4 Å². The van der Waals surface area contributed by atoms with Crippen LogP contribution in [0.25, 0.3) is 11.1 Å². The molecule has 0 aliphatic heterocycles. The third-order valence-corrected chi connectivity index (χ3v) is 4.38. The van der Waals surface area contributed by atoms with Crippen molar-refractivity contribution in [2.45, 2.75) is 25.3 Å². The van der Waals surface area contributed by atoms with E-state index in [1.807, 2.05) is 13.1 Å². The Morgan fingerprint density at radius 2 is 2.00 bits per heavy atom. The summed E-state index contributed by atoms with van der Waals surface area (Å²) in [5.74, 6) is 0.761. The number of nitrogens with zero attached hydrogens (tertiary/aromatic N) is 1. The number of aryl methyl sites for hydroxylation is 1. The van der Waals surface area contributed by atoms with Crippen LogP contribution in [-0.4, -0.2) is 24.2 Å². The Bertz CT molecular complexity index is 636. The van der Waals surface area contributed by atoms with Crippen molar-refractivity contribution in [1.82, 2.24) is 10.3 Å². The first-order chi connectivity index (χ1) is 10.1. The summed E-state index contributed by atoms with van der Waals surface area (Å²) in [6, 6.07) is 10.2. The molecule has 0 atom stereocenters. The van der Waals surface area contributed by atoms with Crippen molar-refractivity contribution in [1.29, 1.82) is 0 Å². The molecule has 1 aromatic carbocycles. The molecular formula is C17H19ClN2O. The van der Waals surface area contributed by atoms with Gasteiger partial charge in [0.25, 0.3) is 0 Å². The van der Waals surface area contributed by atoms with Crippen LogP contribution >= 0.6 is 11.6 Å². The maximum absolute atomic E-state index is 6.22. The van der Waals surface area contributed by atoms with E-state index in [-0.39, 0.29) is 5.54 Å². The van der Waals surface area contributed by atoms with E-state index in [4.69, 9.17) is 16.3 Å². The minimum Gasteiger partial charge on any atom is -0.490 e. The highest BCUT2D eigenvalue weighted by atomic mass is 35.5. The SMILES string of the molecule is CNC1(COc2cnc(Cl)c(-c3ccc(C)cc3)c2)CC1. The first-order valence-electron chi connectivity index (χ1n) is 7.16. The first-order valence-corrected chi connectivity index (χ1v) is 7.54. The Kier molecular flexibility index (Phi) is 3.87. The summed E-state index contributed by atoms with van der Waals surface area (Å²) < 4.78 is 5.88. The number of likely N-dealkylation sites (N-methyl/N-ethyl adjacent to an activating group) is 1. The van der Waals surface area contributed by atoms with Gasteiger partial charge in [0.2, 0.25) is 0 Å². The monoisotopic (exact) mass is 302 g/mol. The molecule has 0 saturated heterocycles. The van der Waals surface area contributed by atoms with E-state index in [1.54, 1.807) is 6.20 Å². The van der Waals surface area contributed by atoms with Gasteiger partial charge in [-0.25, -0.2) is 4.98 Å². The van der Waals surface area contributed by atoms with Gasteiger partial charge in [-0.15, -0.1) is 0 Å². The van der Waals surface area contributed by atoms with Gasteiger partial charge >= 0.3 is 0 Å². The molecule has 110 valence electrons. The first kappa shape index (κ1) is 14.4. The molecule has 1 heterocycles. The average molecular weight is 303 g/mol. The lowest BCUT2D eigenvalue weighted by Gasteiger charge is -2.15. The fourth-order valence-electron chi connectivity index (χ4n) is 2.28. The third kappa shape index (κ3) is 3.20. The largest absolute Gasteiger partial charge is 0.490 e. The molecule has 0 radical (unpaired) electrons. The molecule has 21 heavy (non-hydrogen) atoms. The van der Waals surface area contributed by atoms with E-state index in [0.29, 0.717) is 11.8 Å². The number of benzene rings is 1. The molecule has 2 aromatic rings. The molecule has 1 saturated carbocycles. The molecule has 0 unspecified atom stereocenters. The number of hydrogen-bond donors (Lipinski definition) is 1. The van der Waals surface area contributed by atoms with Crippen molar-refractivity contribution in [3.63, 3.8) is 0 Å². The van der Waals surface area contributed by atoms with E-state index < -0.39 is 0 Å². The number of hydrogen-bond acceptors (Lipinski definition) is 3. The van der Waals surface area contributed by atoms with E-state index >= 15 is 0 Å². The Morgan fingerprint density at radius 1 is 1.29 bits per heavy atom. The van der Waals surface area contributed by atoms with Crippen LogP contribution in [0, 0.1) is 6.92 Å². The van der Waals surface area contributed by atoms with Gasteiger partial charge in [0.05, 0.1) is 11.7 Å². The lowest BCUT2D eigenvalue weighted by Crippen LogP contribution is -2.33. The zero-order chi connectivity index (χ0) is 14.9. The Hall–Kier alpha value is -1.58. The molecule has 4 heteroatoms. The maximum atomic E-state index is 6.22. The fraction of sp³-hybridized carbons (Fsp3) is 0.353. The van der Waals surface area contributed by atoms with Gasteiger partial charge in [0, 0.05) is 5.56 Å². The topological polar surface area (TPSA) is 34.1 Å². The predicted octanol–water partition coefficient (Wildman–Crippen LogP) is 3.84. The van der Waals surface area contributed by atoms with Crippen LogP contribution in [0.2, 0.25) is 5.15 Å². The van der Waals surface area contributed by atoms with Gasteiger partial charge in [-0.3, -0.25) is 0 Å². The Balaban J connectivity index is 1.81. The molecule has 1 aliphatic rings. The van der Waals surface area contributed by atoms with Gasteiger partial charge in [-0.05, 0) is 38.4 Å². The van der Waals surface area contributed by atoms with Crippen LogP contribution in [0.4, 0.5) is 0 Å². The van der Waals surface area contributed by atoms with Crippen molar-refractivity contribution in [3.8, 4) is 16.9 Å². The smallest absolute Gasteiger partial charge is 0.138 e. The van der Waals surface area contributed by atoms with Crippen molar-refractivity contribution in [3.05, 3.63) is 47.2 Å². The number of pyridine rings is 1. The molecule has 1 aromatic heterocycles. The Morgan fingerprint density at radius 3 is 2.62 bits per heavy atom.